The Labute approximate surface area is 108 Å². The van der Waals surface area contributed by atoms with Crippen LogP contribution in [0.25, 0.3) is 0 Å². The summed E-state index contributed by atoms with van der Waals surface area (Å²) < 4.78 is 0. The van der Waals surface area contributed by atoms with E-state index in [1.807, 2.05) is 13.0 Å². The van der Waals surface area contributed by atoms with Crippen molar-refractivity contribution in [2.75, 3.05) is 39.3 Å². The van der Waals surface area contributed by atoms with Gasteiger partial charge in [0.1, 0.15) is 5.75 Å². The molecular formula is C13H21N3O2. The van der Waals surface area contributed by atoms with Crippen molar-refractivity contribution in [2.45, 2.75) is 13.5 Å². The molecule has 100 valence electrons. The zero-order valence-electron chi connectivity index (χ0n) is 10.8. The Morgan fingerprint density at radius 3 is 2.50 bits per heavy atom. The fourth-order valence-electron chi connectivity index (χ4n) is 2.24. The first-order valence-electron chi connectivity index (χ1n) is 6.40. The highest BCUT2D eigenvalue weighted by Crippen LogP contribution is 2.17. The fraction of sp³-hybridized carbons (Fsp3) is 0.615. The summed E-state index contributed by atoms with van der Waals surface area (Å²) in [6, 6.07) is 3.53. The highest BCUT2D eigenvalue weighted by molar-refractivity contribution is 5.27. The predicted octanol–water partition coefficient (Wildman–Crippen LogP) is 0.206. The molecule has 2 N–H and O–H groups in total. The first-order chi connectivity index (χ1) is 8.69. The van der Waals surface area contributed by atoms with Crippen LogP contribution in [0.4, 0.5) is 0 Å². The Kier molecular flexibility index (Phi) is 4.52. The molecule has 1 fully saturated rings. The summed E-state index contributed by atoms with van der Waals surface area (Å²) in [6.07, 6.45) is 0. The molecule has 1 aliphatic heterocycles. The van der Waals surface area contributed by atoms with E-state index in [-0.39, 0.29) is 12.4 Å². The largest absolute Gasteiger partial charge is 0.506 e. The van der Waals surface area contributed by atoms with E-state index in [1.54, 1.807) is 6.07 Å². The van der Waals surface area contributed by atoms with Crippen molar-refractivity contribution in [3.8, 4) is 5.75 Å². The Balaban J connectivity index is 1.89. The summed E-state index contributed by atoms with van der Waals surface area (Å²) >= 11 is 0. The second-order valence-electron chi connectivity index (χ2n) is 4.76. The third kappa shape index (κ3) is 3.41. The van der Waals surface area contributed by atoms with Crippen molar-refractivity contribution in [3.63, 3.8) is 0 Å². The normalized spacial score (nSPS) is 18.1. The number of aromatic nitrogens is 1. The summed E-state index contributed by atoms with van der Waals surface area (Å²) in [4.78, 5) is 8.91. The van der Waals surface area contributed by atoms with Crippen LogP contribution >= 0.6 is 0 Å². The molecule has 5 nitrogen and oxygen atoms in total. The monoisotopic (exact) mass is 251 g/mol. The highest BCUT2D eigenvalue weighted by Gasteiger charge is 2.17. The maximum Gasteiger partial charge on any atom is 0.138 e. The molecule has 0 unspecified atom stereocenters. The molecule has 0 radical (unpaired) electrons. The van der Waals surface area contributed by atoms with Crippen LogP contribution in [0.3, 0.4) is 0 Å². The van der Waals surface area contributed by atoms with Crippen LogP contribution in [-0.2, 0) is 6.54 Å². The first kappa shape index (κ1) is 13.3. The summed E-state index contributed by atoms with van der Waals surface area (Å²) in [5.74, 6) is 0.276. The van der Waals surface area contributed by atoms with Crippen molar-refractivity contribution in [1.82, 2.24) is 14.8 Å². The van der Waals surface area contributed by atoms with Crippen LogP contribution in [0, 0.1) is 6.92 Å². The molecular weight excluding hydrogens is 230 g/mol. The quantitative estimate of drug-likeness (QED) is 0.801. The maximum atomic E-state index is 9.77. The lowest BCUT2D eigenvalue weighted by atomic mass is 10.2. The number of hydrogen-bond donors (Lipinski definition) is 2. The maximum absolute atomic E-state index is 9.77. The first-order valence-corrected chi connectivity index (χ1v) is 6.40. The number of β-amino-alcohol motifs (C(OH)–C–C–N with tert-alkyl or cyclic N) is 1. The van der Waals surface area contributed by atoms with Crippen LogP contribution in [0.1, 0.15) is 11.4 Å². The van der Waals surface area contributed by atoms with E-state index in [0.29, 0.717) is 6.54 Å². The van der Waals surface area contributed by atoms with Crippen molar-refractivity contribution >= 4 is 0 Å². The molecule has 0 saturated carbocycles. The molecule has 1 aromatic rings. The number of rotatable bonds is 4. The minimum atomic E-state index is 0.222. The zero-order chi connectivity index (χ0) is 13.0. The van der Waals surface area contributed by atoms with Gasteiger partial charge in [0, 0.05) is 45.0 Å². The zero-order valence-corrected chi connectivity index (χ0v) is 10.8. The van der Waals surface area contributed by atoms with E-state index < -0.39 is 0 Å². The number of nitrogens with zero attached hydrogens (tertiary/aromatic N) is 3. The minimum Gasteiger partial charge on any atom is -0.506 e. The highest BCUT2D eigenvalue weighted by atomic mass is 16.3. The number of pyridine rings is 1. The van der Waals surface area contributed by atoms with E-state index in [9.17, 15) is 5.11 Å². The van der Waals surface area contributed by atoms with Crippen LogP contribution in [0.15, 0.2) is 12.1 Å². The number of hydrogen-bond acceptors (Lipinski definition) is 5. The van der Waals surface area contributed by atoms with Gasteiger partial charge in [-0.05, 0) is 19.1 Å². The molecule has 0 atom stereocenters. The molecule has 2 heterocycles. The van der Waals surface area contributed by atoms with Gasteiger partial charge in [0.25, 0.3) is 0 Å². The summed E-state index contributed by atoms with van der Waals surface area (Å²) in [6.45, 7) is 7.44. The fourth-order valence-corrected chi connectivity index (χ4v) is 2.24. The van der Waals surface area contributed by atoms with Crippen LogP contribution in [0.5, 0.6) is 5.75 Å². The smallest absolute Gasteiger partial charge is 0.138 e. The van der Waals surface area contributed by atoms with Crippen molar-refractivity contribution in [2.24, 2.45) is 0 Å². The van der Waals surface area contributed by atoms with Gasteiger partial charge in [-0.25, -0.2) is 0 Å². The Hall–Kier alpha value is -1.17. The minimum absolute atomic E-state index is 0.222. The lowest BCUT2D eigenvalue weighted by molar-refractivity contribution is 0.107. The average molecular weight is 251 g/mol. The molecule has 1 saturated heterocycles. The number of aliphatic hydroxyl groups is 1. The molecule has 0 bridgehead atoms. The van der Waals surface area contributed by atoms with E-state index in [4.69, 9.17) is 5.11 Å². The Bertz CT molecular complexity index is 390. The number of aliphatic hydroxyl groups excluding tert-OH is 1. The van der Waals surface area contributed by atoms with Crippen molar-refractivity contribution in [1.29, 1.82) is 0 Å². The van der Waals surface area contributed by atoms with E-state index in [2.05, 4.69) is 14.8 Å². The van der Waals surface area contributed by atoms with Gasteiger partial charge >= 0.3 is 0 Å². The number of piperazine rings is 1. The predicted molar refractivity (Wildman–Crippen MR) is 69.4 cm³/mol. The standard InChI is InChI=1S/C13H21N3O2/c1-11-2-3-13(18)12(14-11)10-16-6-4-15(5-7-16)8-9-17/h2-3,17-18H,4-10H2,1H3. The molecule has 5 heteroatoms. The molecule has 0 amide bonds. The van der Waals surface area contributed by atoms with Crippen molar-refractivity contribution < 1.29 is 10.2 Å². The number of aryl methyl sites for hydroxylation is 1. The van der Waals surface area contributed by atoms with Gasteiger partial charge < -0.3 is 10.2 Å². The lowest BCUT2D eigenvalue weighted by Crippen LogP contribution is -2.46. The van der Waals surface area contributed by atoms with E-state index >= 15 is 0 Å². The van der Waals surface area contributed by atoms with Gasteiger partial charge in [0.05, 0.1) is 12.3 Å². The van der Waals surface area contributed by atoms with Gasteiger partial charge in [-0.1, -0.05) is 0 Å². The molecule has 2 rings (SSSR count). The average Bonchev–Trinajstić information content (AvgIpc) is 2.37. The molecule has 0 aromatic carbocycles. The third-order valence-electron chi connectivity index (χ3n) is 3.34. The SMILES string of the molecule is Cc1ccc(O)c(CN2CCN(CCO)CC2)n1. The molecule has 0 spiro atoms. The van der Waals surface area contributed by atoms with Crippen LogP contribution in [0.2, 0.25) is 0 Å². The van der Waals surface area contributed by atoms with Gasteiger partial charge in [-0.15, -0.1) is 0 Å². The third-order valence-corrected chi connectivity index (χ3v) is 3.34. The molecule has 0 aliphatic carbocycles. The van der Waals surface area contributed by atoms with Gasteiger partial charge in [-0.3, -0.25) is 14.8 Å². The molecule has 1 aliphatic rings. The van der Waals surface area contributed by atoms with E-state index in [0.717, 1.165) is 44.1 Å². The van der Waals surface area contributed by atoms with Crippen molar-refractivity contribution in [3.05, 3.63) is 23.5 Å². The van der Waals surface area contributed by atoms with Gasteiger partial charge in [-0.2, -0.15) is 0 Å². The topological polar surface area (TPSA) is 59.8 Å². The van der Waals surface area contributed by atoms with Gasteiger partial charge in [0.2, 0.25) is 0 Å². The second kappa shape index (κ2) is 6.13. The van der Waals surface area contributed by atoms with Crippen LogP contribution in [-0.4, -0.2) is 64.3 Å². The molecule has 1 aromatic heterocycles. The number of aromatic hydroxyl groups is 1. The van der Waals surface area contributed by atoms with Gasteiger partial charge in [0.15, 0.2) is 0 Å². The summed E-state index contributed by atoms with van der Waals surface area (Å²) in [7, 11) is 0. The summed E-state index contributed by atoms with van der Waals surface area (Å²) in [5, 5.41) is 18.7. The van der Waals surface area contributed by atoms with E-state index in [1.165, 1.54) is 0 Å². The second-order valence-corrected chi connectivity index (χ2v) is 4.76. The Morgan fingerprint density at radius 2 is 1.83 bits per heavy atom. The lowest BCUT2D eigenvalue weighted by Gasteiger charge is -2.34. The van der Waals surface area contributed by atoms with Crippen LogP contribution < -0.4 is 0 Å². The Morgan fingerprint density at radius 1 is 1.17 bits per heavy atom. The summed E-state index contributed by atoms with van der Waals surface area (Å²) in [5.41, 5.74) is 1.69. The molecule has 18 heavy (non-hydrogen) atoms.